The molecule has 4 aromatic rings. The number of pyridine rings is 1. The number of rotatable bonds is 4. The highest BCUT2D eigenvalue weighted by Gasteiger charge is 2.42. The van der Waals surface area contributed by atoms with Crippen molar-refractivity contribution in [2.75, 3.05) is 4.90 Å². The summed E-state index contributed by atoms with van der Waals surface area (Å²) in [6, 6.07) is 18.8. The van der Waals surface area contributed by atoms with E-state index >= 15 is 0 Å². The van der Waals surface area contributed by atoms with Crippen molar-refractivity contribution in [1.82, 2.24) is 14.9 Å². The molecule has 1 fully saturated rings. The summed E-state index contributed by atoms with van der Waals surface area (Å²) >= 11 is 12.2. The van der Waals surface area contributed by atoms with Crippen LogP contribution in [-0.4, -0.2) is 14.7 Å². The van der Waals surface area contributed by atoms with Crippen LogP contribution in [0.15, 0.2) is 66.9 Å². The molecule has 0 unspecified atom stereocenters. The van der Waals surface area contributed by atoms with Crippen LogP contribution in [0, 0.1) is 33.5 Å². The lowest BCUT2D eigenvalue weighted by Gasteiger charge is -2.28. The van der Waals surface area contributed by atoms with Crippen molar-refractivity contribution in [2.24, 2.45) is 0 Å². The summed E-state index contributed by atoms with van der Waals surface area (Å²) in [6.45, 7) is 8.07. The van der Waals surface area contributed by atoms with E-state index in [1.807, 2.05) is 42.5 Å². The van der Waals surface area contributed by atoms with Gasteiger partial charge in [0, 0.05) is 34.0 Å². The quantitative estimate of drug-likeness (QED) is 0.301. The third kappa shape index (κ3) is 4.11. The Morgan fingerprint density at radius 3 is 2.49 bits per heavy atom. The van der Waals surface area contributed by atoms with E-state index in [9.17, 15) is 4.39 Å². The standard InChI is InChI=1S/C28H26ClFN4S/c1-16-8-9-20(29)15-25(16)33-18(3)14-22(19(33)4)27-26(24-7-5-6-12-31-24)32-28(35)34(27)21-10-11-23(30)17(2)13-21/h5-15,26-27H,1-4H3,(H,32,35)/t26-,27+/m1/s1. The van der Waals surface area contributed by atoms with E-state index in [4.69, 9.17) is 23.8 Å². The zero-order valence-electron chi connectivity index (χ0n) is 20.0. The van der Waals surface area contributed by atoms with Gasteiger partial charge in [0.05, 0.1) is 17.8 Å². The van der Waals surface area contributed by atoms with Gasteiger partial charge in [-0.1, -0.05) is 23.7 Å². The van der Waals surface area contributed by atoms with Gasteiger partial charge in [-0.25, -0.2) is 4.39 Å². The number of anilines is 1. The second-order valence-electron chi connectivity index (χ2n) is 9.02. The van der Waals surface area contributed by atoms with E-state index in [1.54, 1.807) is 19.2 Å². The number of halogens is 2. The minimum absolute atomic E-state index is 0.177. The van der Waals surface area contributed by atoms with Gasteiger partial charge in [-0.05, 0) is 105 Å². The van der Waals surface area contributed by atoms with Crippen LogP contribution in [0.5, 0.6) is 0 Å². The molecule has 0 amide bonds. The Hall–Kier alpha value is -3.22. The molecule has 2 aromatic heterocycles. The molecule has 1 aliphatic heterocycles. The Balaban J connectivity index is 1.71. The fourth-order valence-electron chi connectivity index (χ4n) is 5.01. The third-order valence-electron chi connectivity index (χ3n) is 6.72. The molecule has 178 valence electrons. The normalized spacial score (nSPS) is 17.7. The van der Waals surface area contributed by atoms with Gasteiger partial charge < -0.3 is 14.8 Å². The lowest BCUT2D eigenvalue weighted by Crippen LogP contribution is -2.29. The molecule has 0 saturated carbocycles. The Bertz CT molecular complexity index is 1430. The molecule has 1 N–H and O–H groups in total. The van der Waals surface area contributed by atoms with E-state index in [-0.39, 0.29) is 17.9 Å². The molecule has 3 heterocycles. The SMILES string of the molecule is Cc1cc(N2C(=S)N[C@H](c3ccccn3)[C@@H]2c2cc(C)n(-c3cc(Cl)ccc3C)c2C)ccc1F. The zero-order chi connectivity index (χ0) is 24.9. The van der Waals surface area contributed by atoms with Crippen LogP contribution >= 0.6 is 23.8 Å². The first-order valence-electron chi connectivity index (χ1n) is 11.5. The lowest BCUT2D eigenvalue weighted by molar-refractivity contribution is 0.564. The minimum Gasteiger partial charge on any atom is -0.351 e. The van der Waals surface area contributed by atoms with E-state index in [0.29, 0.717) is 15.7 Å². The van der Waals surface area contributed by atoms with Crippen molar-refractivity contribution in [3.63, 3.8) is 0 Å². The molecule has 2 aromatic carbocycles. The van der Waals surface area contributed by atoms with Crippen molar-refractivity contribution in [3.05, 3.63) is 111 Å². The number of aromatic nitrogens is 2. The van der Waals surface area contributed by atoms with Gasteiger partial charge in [0.2, 0.25) is 0 Å². The number of hydrogen-bond acceptors (Lipinski definition) is 2. The molecule has 2 atom stereocenters. The smallest absolute Gasteiger partial charge is 0.174 e. The van der Waals surface area contributed by atoms with Crippen LogP contribution in [0.4, 0.5) is 10.1 Å². The van der Waals surface area contributed by atoms with Crippen LogP contribution in [0.3, 0.4) is 0 Å². The maximum Gasteiger partial charge on any atom is 0.174 e. The monoisotopic (exact) mass is 504 g/mol. The van der Waals surface area contributed by atoms with E-state index in [0.717, 1.165) is 39.6 Å². The second kappa shape index (κ2) is 9.10. The van der Waals surface area contributed by atoms with Crippen LogP contribution < -0.4 is 10.2 Å². The number of thiocarbonyl (C=S) groups is 1. The zero-order valence-corrected chi connectivity index (χ0v) is 21.6. The fourth-order valence-corrected chi connectivity index (χ4v) is 5.52. The maximum atomic E-state index is 14.1. The van der Waals surface area contributed by atoms with Crippen LogP contribution in [-0.2, 0) is 0 Å². The van der Waals surface area contributed by atoms with Crippen molar-refractivity contribution in [3.8, 4) is 5.69 Å². The summed E-state index contributed by atoms with van der Waals surface area (Å²) in [5, 5.41) is 4.76. The molecule has 5 rings (SSSR count). The Labute approximate surface area is 215 Å². The van der Waals surface area contributed by atoms with Crippen molar-refractivity contribution in [2.45, 2.75) is 39.8 Å². The predicted octanol–water partition coefficient (Wildman–Crippen LogP) is 7.08. The van der Waals surface area contributed by atoms with Crippen LogP contribution in [0.25, 0.3) is 5.69 Å². The van der Waals surface area contributed by atoms with Gasteiger partial charge in [-0.3, -0.25) is 4.98 Å². The molecule has 4 nitrogen and oxygen atoms in total. The third-order valence-corrected chi connectivity index (χ3v) is 7.27. The number of aryl methyl sites for hydroxylation is 3. The summed E-state index contributed by atoms with van der Waals surface area (Å²) in [4.78, 5) is 6.72. The first kappa shape index (κ1) is 23.5. The van der Waals surface area contributed by atoms with E-state index in [1.165, 1.54) is 6.07 Å². The van der Waals surface area contributed by atoms with Gasteiger partial charge in [-0.15, -0.1) is 0 Å². The molecule has 0 bridgehead atoms. The van der Waals surface area contributed by atoms with Crippen molar-refractivity contribution >= 4 is 34.6 Å². The molecule has 0 spiro atoms. The summed E-state index contributed by atoms with van der Waals surface area (Å²) in [6.07, 6.45) is 1.79. The molecule has 35 heavy (non-hydrogen) atoms. The van der Waals surface area contributed by atoms with Crippen LogP contribution in [0.2, 0.25) is 5.02 Å². The predicted molar refractivity (Wildman–Crippen MR) is 144 cm³/mol. The number of hydrogen-bond donors (Lipinski definition) is 1. The lowest BCUT2D eigenvalue weighted by atomic mass is 9.96. The average molecular weight is 505 g/mol. The van der Waals surface area contributed by atoms with Gasteiger partial charge in [0.25, 0.3) is 0 Å². The van der Waals surface area contributed by atoms with Gasteiger partial charge in [-0.2, -0.15) is 0 Å². The summed E-state index contributed by atoms with van der Waals surface area (Å²) in [5.41, 5.74) is 7.79. The van der Waals surface area contributed by atoms with Gasteiger partial charge in [0.1, 0.15) is 5.82 Å². The molecule has 0 radical (unpaired) electrons. The Morgan fingerprint density at radius 2 is 1.77 bits per heavy atom. The molecular weight excluding hydrogens is 479 g/mol. The molecule has 0 aliphatic carbocycles. The largest absolute Gasteiger partial charge is 0.351 e. The highest BCUT2D eigenvalue weighted by molar-refractivity contribution is 7.80. The van der Waals surface area contributed by atoms with E-state index in [2.05, 4.69) is 46.6 Å². The average Bonchev–Trinajstić information content (AvgIpc) is 3.33. The van der Waals surface area contributed by atoms with E-state index < -0.39 is 0 Å². The Kier molecular flexibility index (Phi) is 6.11. The topological polar surface area (TPSA) is 33.1 Å². The van der Waals surface area contributed by atoms with Crippen molar-refractivity contribution in [1.29, 1.82) is 0 Å². The first-order valence-corrected chi connectivity index (χ1v) is 12.3. The number of benzene rings is 2. The van der Waals surface area contributed by atoms with Crippen LogP contribution in [0.1, 0.15) is 45.9 Å². The van der Waals surface area contributed by atoms with Gasteiger partial charge in [0.15, 0.2) is 5.11 Å². The molecule has 7 heteroatoms. The Morgan fingerprint density at radius 1 is 0.971 bits per heavy atom. The summed E-state index contributed by atoms with van der Waals surface area (Å²) in [5.74, 6) is -0.237. The fraction of sp³-hybridized carbons (Fsp3) is 0.214. The highest BCUT2D eigenvalue weighted by Crippen LogP contribution is 2.44. The van der Waals surface area contributed by atoms with Crippen molar-refractivity contribution < 1.29 is 4.39 Å². The summed E-state index contributed by atoms with van der Waals surface area (Å²) < 4.78 is 16.4. The maximum absolute atomic E-state index is 14.1. The minimum atomic E-state index is -0.237. The second-order valence-corrected chi connectivity index (χ2v) is 9.85. The summed E-state index contributed by atoms with van der Waals surface area (Å²) in [7, 11) is 0. The van der Waals surface area contributed by atoms with Gasteiger partial charge >= 0.3 is 0 Å². The molecule has 1 aliphatic rings. The number of nitrogens with zero attached hydrogens (tertiary/aromatic N) is 3. The first-order chi connectivity index (χ1) is 16.8. The molecular formula is C28H26ClFN4S. The molecule has 1 saturated heterocycles. The highest BCUT2D eigenvalue weighted by atomic mass is 35.5. The number of nitrogens with one attached hydrogen (secondary N) is 1.